The highest BCUT2D eigenvalue weighted by atomic mass is 35.5. The molecule has 0 aromatic heterocycles. The van der Waals surface area contributed by atoms with Crippen molar-refractivity contribution in [2.24, 2.45) is 5.92 Å². The van der Waals surface area contributed by atoms with Crippen molar-refractivity contribution in [2.45, 2.75) is 13.3 Å². The molecule has 0 saturated carbocycles. The van der Waals surface area contributed by atoms with E-state index in [9.17, 15) is 4.79 Å². The van der Waals surface area contributed by atoms with E-state index in [1.807, 2.05) is 6.92 Å². The molecule has 1 atom stereocenters. The van der Waals surface area contributed by atoms with E-state index in [1.54, 1.807) is 25.3 Å². The molecule has 0 radical (unpaired) electrons. The Morgan fingerprint density at radius 1 is 1.50 bits per heavy atom. The molecule has 0 spiro atoms. The van der Waals surface area contributed by atoms with E-state index in [2.05, 4.69) is 10.6 Å². The number of nitrogens with one attached hydrogen (secondary N) is 2. The van der Waals surface area contributed by atoms with Crippen LogP contribution in [0.3, 0.4) is 0 Å². The molecule has 0 bridgehead atoms. The quantitative estimate of drug-likeness (QED) is 0.686. The largest absolute Gasteiger partial charge is 0.495 e. The zero-order valence-electron chi connectivity index (χ0n) is 11.8. The highest BCUT2D eigenvalue weighted by Gasteiger charge is 2.06. The Hall–Kier alpha value is -1.46. The molecule has 6 heteroatoms. The highest BCUT2D eigenvalue weighted by molar-refractivity contribution is 6.30. The third-order valence-corrected chi connectivity index (χ3v) is 3.02. The van der Waals surface area contributed by atoms with E-state index in [1.165, 1.54) is 0 Å². The minimum Gasteiger partial charge on any atom is -0.495 e. The number of hydrogen-bond donors (Lipinski definition) is 3. The molecule has 1 rings (SSSR count). The molecule has 1 amide bonds. The second kappa shape index (κ2) is 8.66. The lowest BCUT2D eigenvalue weighted by Gasteiger charge is -2.12. The molecule has 1 unspecified atom stereocenters. The fourth-order valence-corrected chi connectivity index (χ4v) is 1.74. The maximum atomic E-state index is 11.6. The van der Waals surface area contributed by atoms with E-state index in [-0.39, 0.29) is 18.4 Å². The minimum absolute atomic E-state index is 0.0567. The molecule has 0 fully saturated rings. The Kier molecular flexibility index (Phi) is 7.18. The minimum atomic E-state index is -0.0567. The molecular formula is C14H21ClN2O3. The second-order valence-electron chi connectivity index (χ2n) is 4.61. The average molecular weight is 301 g/mol. The second-order valence-corrected chi connectivity index (χ2v) is 5.05. The zero-order valence-corrected chi connectivity index (χ0v) is 12.5. The van der Waals surface area contributed by atoms with Gasteiger partial charge in [-0.3, -0.25) is 4.79 Å². The summed E-state index contributed by atoms with van der Waals surface area (Å²) in [5.41, 5.74) is 0.761. The van der Waals surface area contributed by atoms with E-state index in [0.29, 0.717) is 30.3 Å². The Morgan fingerprint density at radius 2 is 2.25 bits per heavy atom. The van der Waals surface area contributed by atoms with Crippen LogP contribution in [-0.2, 0) is 4.79 Å². The summed E-state index contributed by atoms with van der Waals surface area (Å²) < 4.78 is 5.20. The molecule has 0 aliphatic heterocycles. The molecule has 0 aliphatic carbocycles. The number of carbonyl (C=O) groups is 1. The van der Waals surface area contributed by atoms with Gasteiger partial charge < -0.3 is 20.5 Å². The van der Waals surface area contributed by atoms with E-state index < -0.39 is 0 Å². The summed E-state index contributed by atoms with van der Waals surface area (Å²) in [6.45, 7) is 2.90. The molecule has 3 N–H and O–H groups in total. The van der Waals surface area contributed by atoms with Crippen LogP contribution in [0.4, 0.5) is 5.69 Å². The number of rotatable bonds is 8. The lowest BCUT2D eigenvalue weighted by molar-refractivity contribution is -0.121. The lowest BCUT2D eigenvalue weighted by Crippen LogP contribution is -2.30. The first-order valence-electron chi connectivity index (χ1n) is 6.51. The average Bonchev–Trinajstić information content (AvgIpc) is 2.45. The molecule has 0 aliphatic rings. The summed E-state index contributed by atoms with van der Waals surface area (Å²) in [6.07, 6.45) is 0.341. The van der Waals surface area contributed by atoms with Gasteiger partial charge in [-0.05, 0) is 24.1 Å². The number of amides is 1. The molecule has 1 aromatic carbocycles. The number of aliphatic hydroxyl groups excluding tert-OH is 1. The van der Waals surface area contributed by atoms with Gasteiger partial charge in [-0.2, -0.15) is 0 Å². The summed E-state index contributed by atoms with van der Waals surface area (Å²) in [6, 6.07) is 5.27. The Balaban J connectivity index is 2.37. The van der Waals surface area contributed by atoms with Crippen LogP contribution in [-0.4, -0.2) is 37.8 Å². The Bertz CT molecular complexity index is 440. The van der Waals surface area contributed by atoms with Crippen LogP contribution in [0.25, 0.3) is 0 Å². The standard InChI is InChI=1S/C14H21ClN2O3/c1-10(9-18)8-17-14(19)5-6-16-12-7-11(15)3-4-13(12)20-2/h3-4,7,10,16,18H,5-6,8-9H2,1-2H3,(H,17,19). The van der Waals surface area contributed by atoms with Crippen LogP contribution >= 0.6 is 11.6 Å². The van der Waals surface area contributed by atoms with Crippen molar-refractivity contribution in [3.8, 4) is 5.75 Å². The molecule has 5 nitrogen and oxygen atoms in total. The first kappa shape index (κ1) is 16.6. The van der Waals surface area contributed by atoms with E-state index >= 15 is 0 Å². The van der Waals surface area contributed by atoms with Crippen molar-refractivity contribution < 1.29 is 14.6 Å². The van der Waals surface area contributed by atoms with E-state index in [0.717, 1.165) is 5.69 Å². The fourth-order valence-electron chi connectivity index (χ4n) is 1.57. The van der Waals surface area contributed by atoms with Crippen molar-refractivity contribution in [3.05, 3.63) is 23.2 Å². The van der Waals surface area contributed by atoms with Crippen LogP contribution in [0.2, 0.25) is 5.02 Å². The lowest BCUT2D eigenvalue weighted by atomic mass is 10.2. The van der Waals surface area contributed by atoms with Gasteiger partial charge >= 0.3 is 0 Å². The maximum absolute atomic E-state index is 11.6. The van der Waals surface area contributed by atoms with Crippen molar-refractivity contribution in [1.29, 1.82) is 0 Å². The van der Waals surface area contributed by atoms with Gasteiger partial charge in [-0.25, -0.2) is 0 Å². The predicted molar refractivity (Wildman–Crippen MR) is 80.4 cm³/mol. The molecular weight excluding hydrogens is 280 g/mol. The number of methoxy groups -OCH3 is 1. The van der Waals surface area contributed by atoms with Gasteiger partial charge in [0.2, 0.25) is 5.91 Å². The van der Waals surface area contributed by atoms with Crippen LogP contribution in [0.1, 0.15) is 13.3 Å². The molecule has 0 saturated heterocycles. The monoisotopic (exact) mass is 300 g/mol. The highest BCUT2D eigenvalue weighted by Crippen LogP contribution is 2.27. The first-order valence-corrected chi connectivity index (χ1v) is 6.89. The van der Waals surface area contributed by atoms with Crippen molar-refractivity contribution in [1.82, 2.24) is 5.32 Å². The van der Waals surface area contributed by atoms with Gasteiger partial charge in [-0.1, -0.05) is 18.5 Å². The van der Waals surface area contributed by atoms with Gasteiger partial charge in [0.05, 0.1) is 12.8 Å². The third-order valence-electron chi connectivity index (χ3n) is 2.79. The number of ether oxygens (including phenoxy) is 1. The summed E-state index contributed by atoms with van der Waals surface area (Å²) >= 11 is 5.92. The smallest absolute Gasteiger partial charge is 0.221 e. The van der Waals surface area contributed by atoms with Crippen LogP contribution in [0, 0.1) is 5.92 Å². The topological polar surface area (TPSA) is 70.6 Å². The zero-order chi connectivity index (χ0) is 15.0. The summed E-state index contributed by atoms with van der Waals surface area (Å²) in [5, 5.41) is 15.4. The molecule has 1 aromatic rings. The summed E-state index contributed by atoms with van der Waals surface area (Å²) in [4.78, 5) is 11.6. The summed E-state index contributed by atoms with van der Waals surface area (Å²) in [7, 11) is 1.58. The van der Waals surface area contributed by atoms with Crippen molar-refractivity contribution in [2.75, 3.05) is 32.1 Å². The SMILES string of the molecule is COc1ccc(Cl)cc1NCCC(=O)NCC(C)CO. The third kappa shape index (κ3) is 5.67. The number of carbonyl (C=O) groups excluding carboxylic acids is 1. The normalized spacial score (nSPS) is 11.8. The van der Waals surface area contributed by atoms with Gasteiger partial charge in [0, 0.05) is 31.1 Å². The van der Waals surface area contributed by atoms with Gasteiger partial charge in [0.1, 0.15) is 5.75 Å². The molecule has 20 heavy (non-hydrogen) atoms. The number of anilines is 1. The number of halogens is 1. The van der Waals surface area contributed by atoms with Crippen LogP contribution in [0.5, 0.6) is 5.75 Å². The fraction of sp³-hybridized carbons (Fsp3) is 0.500. The number of aliphatic hydroxyl groups is 1. The van der Waals surface area contributed by atoms with Gasteiger partial charge in [0.15, 0.2) is 0 Å². The number of hydrogen-bond acceptors (Lipinski definition) is 4. The molecule has 0 heterocycles. The summed E-state index contributed by atoms with van der Waals surface area (Å²) in [5.74, 6) is 0.697. The predicted octanol–water partition coefficient (Wildman–Crippen LogP) is 1.90. The number of benzene rings is 1. The van der Waals surface area contributed by atoms with Crippen molar-refractivity contribution >= 4 is 23.2 Å². The first-order chi connectivity index (χ1) is 9.56. The Labute approximate surface area is 124 Å². The van der Waals surface area contributed by atoms with Crippen molar-refractivity contribution in [3.63, 3.8) is 0 Å². The maximum Gasteiger partial charge on any atom is 0.221 e. The Morgan fingerprint density at radius 3 is 2.90 bits per heavy atom. The van der Waals surface area contributed by atoms with Crippen LogP contribution in [0.15, 0.2) is 18.2 Å². The van der Waals surface area contributed by atoms with Crippen LogP contribution < -0.4 is 15.4 Å². The van der Waals surface area contributed by atoms with E-state index in [4.69, 9.17) is 21.4 Å². The van der Waals surface area contributed by atoms with Gasteiger partial charge in [-0.15, -0.1) is 0 Å². The molecule has 112 valence electrons. The van der Waals surface area contributed by atoms with Gasteiger partial charge in [0.25, 0.3) is 0 Å².